The summed E-state index contributed by atoms with van der Waals surface area (Å²) >= 11 is 0. The number of hydrogen-bond acceptors (Lipinski definition) is 3. The summed E-state index contributed by atoms with van der Waals surface area (Å²) in [6.45, 7) is 2.79. The summed E-state index contributed by atoms with van der Waals surface area (Å²) < 4.78 is 0. The van der Waals surface area contributed by atoms with E-state index in [0.717, 1.165) is 18.7 Å². The molecule has 4 heteroatoms. The van der Waals surface area contributed by atoms with Crippen molar-refractivity contribution in [1.29, 1.82) is 0 Å². The zero-order valence-electron chi connectivity index (χ0n) is 9.94. The van der Waals surface area contributed by atoms with Gasteiger partial charge >= 0.3 is 5.97 Å². The van der Waals surface area contributed by atoms with Crippen molar-refractivity contribution < 1.29 is 9.90 Å². The Labute approximate surface area is 101 Å². The Morgan fingerprint density at radius 1 is 1.53 bits per heavy atom. The molecule has 1 aliphatic heterocycles. The molecule has 0 spiro atoms. The number of aryl methyl sites for hydroxylation is 1. The van der Waals surface area contributed by atoms with Crippen molar-refractivity contribution in [3.8, 4) is 0 Å². The van der Waals surface area contributed by atoms with Gasteiger partial charge in [0.25, 0.3) is 0 Å². The van der Waals surface area contributed by atoms with E-state index in [1.807, 2.05) is 25.1 Å². The number of carboxylic acids is 1. The van der Waals surface area contributed by atoms with Gasteiger partial charge in [-0.2, -0.15) is 0 Å². The fraction of sp³-hybridized carbons (Fsp3) is 0.462. The van der Waals surface area contributed by atoms with Gasteiger partial charge in [0, 0.05) is 5.69 Å². The molecule has 1 heterocycles. The summed E-state index contributed by atoms with van der Waals surface area (Å²) in [6.07, 6.45) is 1.60. The smallest absolute Gasteiger partial charge is 0.320 e. The van der Waals surface area contributed by atoms with Crippen LogP contribution in [0, 0.1) is 6.92 Å². The molecule has 0 saturated carbocycles. The first-order valence-corrected chi connectivity index (χ1v) is 5.90. The van der Waals surface area contributed by atoms with Gasteiger partial charge in [0.05, 0.1) is 0 Å². The SMILES string of the molecule is Cc1ccc(N)cc1C1CCNC(C(=O)O)C1. The number of rotatable bonds is 2. The minimum Gasteiger partial charge on any atom is -0.480 e. The Hall–Kier alpha value is -1.55. The highest BCUT2D eigenvalue weighted by Gasteiger charge is 2.28. The lowest BCUT2D eigenvalue weighted by atomic mass is 9.84. The van der Waals surface area contributed by atoms with Crippen LogP contribution in [0.1, 0.15) is 29.9 Å². The van der Waals surface area contributed by atoms with E-state index in [9.17, 15) is 4.79 Å². The largest absolute Gasteiger partial charge is 0.480 e. The second-order valence-corrected chi connectivity index (χ2v) is 4.68. The second kappa shape index (κ2) is 4.75. The van der Waals surface area contributed by atoms with Crippen LogP contribution in [0.2, 0.25) is 0 Å². The Morgan fingerprint density at radius 2 is 2.29 bits per heavy atom. The zero-order chi connectivity index (χ0) is 12.4. The number of aliphatic carboxylic acids is 1. The Kier molecular flexibility index (Phi) is 3.33. The highest BCUT2D eigenvalue weighted by molar-refractivity contribution is 5.73. The summed E-state index contributed by atoms with van der Waals surface area (Å²) in [5.74, 6) is -0.475. The van der Waals surface area contributed by atoms with Gasteiger partial charge in [-0.1, -0.05) is 6.07 Å². The monoisotopic (exact) mass is 234 g/mol. The van der Waals surface area contributed by atoms with Crippen molar-refractivity contribution in [1.82, 2.24) is 5.32 Å². The lowest BCUT2D eigenvalue weighted by Gasteiger charge is -2.29. The maximum atomic E-state index is 11.0. The average molecular weight is 234 g/mol. The maximum Gasteiger partial charge on any atom is 0.320 e. The first kappa shape index (κ1) is 11.9. The van der Waals surface area contributed by atoms with Gasteiger partial charge in [0.1, 0.15) is 6.04 Å². The van der Waals surface area contributed by atoms with Crippen LogP contribution in [0.15, 0.2) is 18.2 Å². The molecule has 0 bridgehead atoms. The molecular weight excluding hydrogens is 216 g/mol. The molecule has 4 nitrogen and oxygen atoms in total. The van der Waals surface area contributed by atoms with Gasteiger partial charge in [-0.15, -0.1) is 0 Å². The van der Waals surface area contributed by atoms with E-state index in [2.05, 4.69) is 5.32 Å². The molecule has 1 saturated heterocycles. The minimum absolute atomic E-state index is 0.292. The van der Waals surface area contributed by atoms with Crippen molar-refractivity contribution >= 4 is 11.7 Å². The van der Waals surface area contributed by atoms with Crippen LogP contribution in [0.3, 0.4) is 0 Å². The van der Waals surface area contributed by atoms with E-state index in [-0.39, 0.29) is 0 Å². The van der Waals surface area contributed by atoms with Crippen LogP contribution in [0.5, 0.6) is 0 Å². The predicted molar refractivity (Wildman–Crippen MR) is 67.0 cm³/mol. The van der Waals surface area contributed by atoms with Gasteiger partial charge < -0.3 is 16.2 Å². The molecule has 1 aromatic rings. The Balaban J connectivity index is 2.21. The van der Waals surface area contributed by atoms with Crippen LogP contribution in [-0.2, 0) is 4.79 Å². The second-order valence-electron chi connectivity index (χ2n) is 4.68. The van der Waals surface area contributed by atoms with Crippen LogP contribution in [0.4, 0.5) is 5.69 Å². The molecule has 2 unspecified atom stereocenters. The van der Waals surface area contributed by atoms with E-state index in [4.69, 9.17) is 10.8 Å². The topological polar surface area (TPSA) is 75.3 Å². The predicted octanol–water partition coefficient (Wildman–Crippen LogP) is 1.50. The molecular formula is C13H18N2O2. The van der Waals surface area contributed by atoms with E-state index >= 15 is 0 Å². The Bertz CT molecular complexity index is 431. The van der Waals surface area contributed by atoms with Gasteiger partial charge in [-0.05, 0) is 55.5 Å². The molecule has 2 atom stereocenters. The standard InChI is InChI=1S/C13H18N2O2/c1-8-2-3-10(14)7-11(8)9-4-5-15-12(6-9)13(16)17/h2-3,7,9,12,15H,4-6,14H2,1H3,(H,16,17). The van der Waals surface area contributed by atoms with Crippen molar-refractivity contribution in [2.75, 3.05) is 12.3 Å². The number of hydrogen-bond donors (Lipinski definition) is 3. The summed E-state index contributed by atoms with van der Waals surface area (Å²) in [7, 11) is 0. The number of nitrogens with two attached hydrogens (primary N) is 1. The zero-order valence-corrected chi connectivity index (χ0v) is 9.94. The molecule has 4 N–H and O–H groups in total. The van der Waals surface area contributed by atoms with Crippen LogP contribution in [0.25, 0.3) is 0 Å². The van der Waals surface area contributed by atoms with Gasteiger partial charge in [0.15, 0.2) is 0 Å². The number of nitrogens with one attached hydrogen (secondary N) is 1. The quantitative estimate of drug-likeness (QED) is 0.678. The lowest BCUT2D eigenvalue weighted by Crippen LogP contribution is -2.42. The molecule has 1 aliphatic rings. The fourth-order valence-corrected chi connectivity index (χ4v) is 2.49. The molecule has 1 aromatic carbocycles. The fourth-order valence-electron chi connectivity index (χ4n) is 2.49. The molecule has 2 rings (SSSR count). The summed E-state index contributed by atoms with van der Waals surface area (Å²) in [5, 5.41) is 12.1. The van der Waals surface area contributed by atoms with Crippen molar-refractivity contribution in [2.24, 2.45) is 0 Å². The molecule has 0 amide bonds. The lowest BCUT2D eigenvalue weighted by molar-refractivity contribution is -0.140. The Morgan fingerprint density at radius 3 is 3.00 bits per heavy atom. The van der Waals surface area contributed by atoms with Gasteiger partial charge in [0.2, 0.25) is 0 Å². The van der Waals surface area contributed by atoms with Crippen LogP contribution < -0.4 is 11.1 Å². The third-order valence-corrected chi connectivity index (χ3v) is 3.44. The number of carboxylic acid groups (broad SMARTS) is 1. The first-order chi connectivity index (χ1) is 8.08. The number of nitrogen functional groups attached to an aromatic ring is 1. The average Bonchev–Trinajstić information content (AvgIpc) is 2.32. The van der Waals surface area contributed by atoms with E-state index in [1.54, 1.807) is 0 Å². The molecule has 0 radical (unpaired) electrons. The molecule has 0 aromatic heterocycles. The van der Waals surface area contributed by atoms with Gasteiger partial charge in [-0.3, -0.25) is 4.79 Å². The number of piperidine rings is 1. The number of anilines is 1. The highest BCUT2D eigenvalue weighted by Crippen LogP contribution is 2.31. The van der Waals surface area contributed by atoms with Crippen molar-refractivity contribution in [3.63, 3.8) is 0 Å². The third kappa shape index (κ3) is 2.58. The molecule has 17 heavy (non-hydrogen) atoms. The summed E-state index contributed by atoms with van der Waals surface area (Å²) in [5.41, 5.74) is 8.93. The van der Waals surface area contributed by atoms with E-state index < -0.39 is 12.0 Å². The van der Waals surface area contributed by atoms with E-state index in [1.165, 1.54) is 11.1 Å². The van der Waals surface area contributed by atoms with Crippen LogP contribution in [-0.4, -0.2) is 23.7 Å². The number of benzene rings is 1. The highest BCUT2D eigenvalue weighted by atomic mass is 16.4. The van der Waals surface area contributed by atoms with Crippen LogP contribution >= 0.6 is 0 Å². The third-order valence-electron chi connectivity index (χ3n) is 3.44. The first-order valence-electron chi connectivity index (χ1n) is 5.90. The summed E-state index contributed by atoms with van der Waals surface area (Å²) in [6, 6.07) is 5.43. The van der Waals surface area contributed by atoms with Crippen molar-refractivity contribution in [3.05, 3.63) is 29.3 Å². The van der Waals surface area contributed by atoms with Gasteiger partial charge in [-0.25, -0.2) is 0 Å². The number of carbonyl (C=O) groups is 1. The van der Waals surface area contributed by atoms with E-state index in [0.29, 0.717) is 12.3 Å². The van der Waals surface area contributed by atoms with Crippen molar-refractivity contribution in [2.45, 2.75) is 31.7 Å². The molecule has 1 fully saturated rings. The molecule has 0 aliphatic carbocycles. The minimum atomic E-state index is -0.767. The maximum absolute atomic E-state index is 11.0. The normalized spacial score (nSPS) is 24.5. The molecule has 92 valence electrons. The summed E-state index contributed by atoms with van der Waals surface area (Å²) in [4.78, 5) is 11.0.